The maximum atomic E-state index is 5.75. The van der Waals surface area contributed by atoms with E-state index in [1.807, 2.05) is 36.1 Å². The minimum absolute atomic E-state index is 0.175. The molecule has 1 fully saturated rings. The molecule has 0 unspecified atom stereocenters. The van der Waals surface area contributed by atoms with Crippen LogP contribution in [0.25, 0.3) is 0 Å². The highest BCUT2D eigenvalue weighted by molar-refractivity contribution is 7.80. The molecule has 5 heteroatoms. The second-order valence-electron chi connectivity index (χ2n) is 3.89. The van der Waals surface area contributed by atoms with Crippen LogP contribution in [-0.2, 0) is 0 Å². The first kappa shape index (κ1) is 12.0. The van der Waals surface area contributed by atoms with Crippen LogP contribution in [0.15, 0.2) is 24.3 Å². The number of thiocarbonyl (C=S) groups is 1. The Balaban J connectivity index is 1.82. The Morgan fingerprint density at radius 2 is 1.94 bits per heavy atom. The normalized spacial score (nSPS) is 15.2. The number of likely N-dealkylation sites (tertiary alicyclic amines) is 1. The highest BCUT2D eigenvalue weighted by atomic mass is 32.1. The number of ether oxygens (including phenoxy) is 2. The van der Waals surface area contributed by atoms with Gasteiger partial charge in [0.15, 0.2) is 5.11 Å². The Bertz CT molecular complexity index is 388. The second kappa shape index (κ2) is 5.23. The molecule has 0 spiro atoms. The van der Waals surface area contributed by atoms with E-state index in [2.05, 4.69) is 0 Å². The molecule has 0 bridgehead atoms. The maximum Gasteiger partial charge on any atom is 0.166 e. The van der Waals surface area contributed by atoms with E-state index in [0.29, 0.717) is 11.7 Å². The second-order valence-corrected chi connectivity index (χ2v) is 4.31. The number of hydrogen-bond acceptors (Lipinski definition) is 3. The van der Waals surface area contributed by atoms with Gasteiger partial charge in [-0.1, -0.05) is 0 Å². The van der Waals surface area contributed by atoms with Gasteiger partial charge in [-0.3, -0.25) is 0 Å². The lowest BCUT2D eigenvalue weighted by Gasteiger charge is -2.39. The summed E-state index contributed by atoms with van der Waals surface area (Å²) in [6.45, 7) is 4.17. The molecular weight excluding hydrogens is 236 g/mol. The standard InChI is InChI=1S/C12H16N2O2S/c1-2-15-9-3-5-10(6-4-9)16-11-7-14(8-11)12(13)17/h3-6,11H,2,7-8H2,1H3,(H2,13,17). The summed E-state index contributed by atoms with van der Waals surface area (Å²) in [7, 11) is 0. The smallest absolute Gasteiger partial charge is 0.166 e. The van der Waals surface area contributed by atoms with Crippen LogP contribution in [0.4, 0.5) is 0 Å². The van der Waals surface area contributed by atoms with Gasteiger partial charge in [0.25, 0.3) is 0 Å². The molecule has 17 heavy (non-hydrogen) atoms. The predicted octanol–water partition coefficient (Wildman–Crippen LogP) is 1.39. The highest BCUT2D eigenvalue weighted by Gasteiger charge is 2.29. The molecule has 0 saturated carbocycles. The van der Waals surface area contributed by atoms with Crippen molar-refractivity contribution in [3.63, 3.8) is 0 Å². The van der Waals surface area contributed by atoms with Crippen LogP contribution < -0.4 is 15.2 Å². The van der Waals surface area contributed by atoms with Crippen LogP contribution in [0.5, 0.6) is 11.5 Å². The summed E-state index contributed by atoms with van der Waals surface area (Å²) in [6, 6.07) is 7.63. The van der Waals surface area contributed by atoms with E-state index in [-0.39, 0.29) is 6.10 Å². The van der Waals surface area contributed by atoms with E-state index >= 15 is 0 Å². The molecule has 0 aromatic heterocycles. The lowest BCUT2D eigenvalue weighted by Crippen LogP contribution is -2.57. The third kappa shape index (κ3) is 3.00. The third-order valence-corrected chi connectivity index (χ3v) is 2.86. The molecule has 1 heterocycles. The van der Waals surface area contributed by atoms with E-state index < -0.39 is 0 Å². The number of nitrogens with two attached hydrogens (primary N) is 1. The molecule has 0 radical (unpaired) electrons. The summed E-state index contributed by atoms with van der Waals surface area (Å²) < 4.78 is 11.1. The van der Waals surface area contributed by atoms with Crippen molar-refractivity contribution in [2.24, 2.45) is 5.73 Å². The first-order valence-corrected chi connectivity index (χ1v) is 6.03. The maximum absolute atomic E-state index is 5.75. The molecule has 1 aromatic rings. The zero-order chi connectivity index (χ0) is 12.3. The minimum atomic E-state index is 0.175. The van der Waals surface area contributed by atoms with Crippen LogP contribution in [0.3, 0.4) is 0 Å². The fourth-order valence-electron chi connectivity index (χ4n) is 1.67. The van der Waals surface area contributed by atoms with E-state index in [1.54, 1.807) is 0 Å². The van der Waals surface area contributed by atoms with Crippen molar-refractivity contribution in [2.75, 3.05) is 19.7 Å². The number of nitrogens with zero attached hydrogens (tertiary/aromatic N) is 1. The van der Waals surface area contributed by atoms with Crippen molar-refractivity contribution in [1.29, 1.82) is 0 Å². The topological polar surface area (TPSA) is 47.7 Å². The summed E-state index contributed by atoms with van der Waals surface area (Å²) in [5.41, 5.74) is 5.49. The van der Waals surface area contributed by atoms with Crippen molar-refractivity contribution >= 4 is 17.3 Å². The quantitative estimate of drug-likeness (QED) is 0.821. The van der Waals surface area contributed by atoms with Gasteiger partial charge in [-0.2, -0.15) is 0 Å². The molecule has 0 atom stereocenters. The zero-order valence-electron chi connectivity index (χ0n) is 9.76. The van der Waals surface area contributed by atoms with Gasteiger partial charge in [-0.05, 0) is 43.4 Å². The van der Waals surface area contributed by atoms with E-state index in [4.69, 9.17) is 27.4 Å². The van der Waals surface area contributed by atoms with Gasteiger partial charge in [0.1, 0.15) is 17.6 Å². The Morgan fingerprint density at radius 1 is 1.35 bits per heavy atom. The van der Waals surface area contributed by atoms with Crippen molar-refractivity contribution in [3.05, 3.63) is 24.3 Å². The van der Waals surface area contributed by atoms with Gasteiger partial charge in [-0.15, -0.1) is 0 Å². The summed E-state index contributed by atoms with van der Waals surface area (Å²) >= 11 is 4.86. The Morgan fingerprint density at radius 3 is 2.47 bits per heavy atom. The summed E-state index contributed by atoms with van der Waals surface area (Å²) in [5.74, 6) is 1.71. The summed E-state index contributed by atoms with van der Waals surface area (Å²) in [4.78, 5) is 1.91. The molecule has 2 N–H and O–H groups in total. The lowest BCUT2D eigenvalue weighted by atomic mass is 10.2. The molecule has 92 valence electrons. The first-order chi connectivity index (χ1) is 8.19. The predicted molar refractivity (Wildman–Crippen MR) is 70.4 cm³/mol. The van der Waals surface area contributed by atoms with Crippen LogP contribution in [0, 0.1) is 0 Å². The van der Waals surface area contributed by atoms with E-state index in [0.717, 1.165) is 24.6 Å². The minimum Gasteiger partial charge on any atom is -0.494 e. The third-order valence-electron chi connectivity index (χ3n) is 2.60. The monoisotopic (exact) mass is 252 g/mol. The summed E-state index contributed by atoms with van der Waals surface area (Å²) in [6.07, 6.45) is 0.175. The molecule has 2 rings (SSSR count). The molecule has 1 aliphatic heterocycles. The van der Waals surface area contributed by atoms with Crippen molar-refractivity contribution < 1.29 is 9.47 Å². The van der Waals surface area contributed by atoms with Crippen molar-refractivity contribution in [2.45, 2.75) is 13.0 Å². The van der Waals surface area contributed by atoms with Gasteiger partial charge >= 0.3 is 0 Å². The molecule has 1 saturated heterocycles. The zero-order valence-corrected chi connectivity index (χ0v) is 10.6. The average molecular weight is 252 g/mol. The lowest BCUT2D eigenvalue weighted by molar-refractivity contribution is 0.0686. The largest absolute Gasteiger partial charge is 0.494 e. The van der Waals surface area contributed by atoms with E-state index in [1.165, 1.54) is 0 Å². The first-order valence-electron chi connectivity index (χ1n) is 5.63. The van der Waals surface area contributed by atoms with Gasteiger partial charge in [0.2, 0.25) is 0 Å². The van der Waals surface area contributed by atoms with Crippen molar-refractivity contribution in [1.82, 2.24) is 4.90 Å². The van der Waals surface area contributed by atoms with E-state index in [9.17, 15) is 0 Å². The molecular formula is C12H16N2O2S. The van der Waals surface area contributed by atoms with Crippen LogP contribution in [0.1, 0.15) is 6.92 Å². The van der Waals surface area contributed by atoms with Crippen LogP contribution >= 0.6 is 12.2 Å². The number of benzene rings is 1. The molecule has 0 aliphatic carbocycles. The van der Waals surface area contributed by atoms with Gasteiger partial charge in [0.05, 0.1) is 19.7 Å². The fourth-order valence-corrected chi connectivity index (χ4v) is 1.82. The molecule has 4 nitrogen and oxygen atoms in total. The molecule has 0 amide bonds. The fraction of sp³-hybridized carbons (Fsp3) is 0.417. The van der Waals surface area contributed by atoms with Crippen molar-refractivity contribution in [3.8, 4) is 11.5 Å². The number of hydrogen-bond donors (Lipinski definition) is 1. The van der Waals surface area contributed by atoms with Crippen LogP contribution in [0.2, 0.25) is 0 Å². The van der Waals surface area contributed by atoms with Gasteiger partial charge < -0.3 is 20.1 Å². The highest BCUT2D eigenvalue weighted by Crippen LogP contribution is 2.21. The molecule has 1 aliphatic rings. The van der Waals surface area contributed by atoms with Gasteiger partial charge in [0, 0.05) is 0 Å². The Kier molecular flexibility index (Phi) is 3.68. The summed E-state index contributed by atoms with van der Waals surface area (Å²) in [5, 5.41) is 0.441. The van der Waals surface area contributed by atoms with Gasteiger partial charge in [-0.25, -0.2) is 0 Å². The Labute approximate surface area is 106 Å². The van der Waals surface area contributed by atoms with Crippen LogP contribution in [-0.4, -0.2) is 35.8 Å². The SMILES string of the molecule is CCOc1ccc(OC2CN(C(N)=S)C2)cc1. The Hall–Kier alpha value is -1.49. The molecule has 1 aromatic carbocycles. The number of rotatable bonds is 4. The average Bonchev–Trinajstić information content (AvgIpc) is 2.25.